The smallest absolute Gasteiger partial charge is 0.119 e. The lowest BCUT2D eigenvalue weighted by Crippen LogP contribution is -2.35. The van der Waals surface area contributed by atoms with E-state index in [0.29, 0.717) is 6.04 Å². The van der Waals surface area contributed by atoms with Gasteiger partial charge in [0.05, 0.1) is 7.11 Å². The van der Waals surface area contributed by atoms with Crippen LogP contribution in [0.5, 0.6) is 5.75 Å². The van der Waals surface area contributed by atoms with Crippen LogP contribution in [0.1, 0.15) is 50.3 Å². The van der Waals surface area contributed by atoms with Gasteiger partial charge in [-0.05, 0) is 62.0 Å². The molecule has 1 N–H and O–H groups in total. The quantitative estimate of drug-likeness (QED) is 0.794. The first-order valence-electron chi connectivity index (χ1n) is 8.41. The summed E-state index contributed by atoms with van der Waals surface area (Å²) in [5.41, 5.74) is 2.93. The minimum atomic E-state index is 0.514. The van der Waals surface area contributed by atoms with Crippen molar-refractivity contribution < 1.29 is 4.74 Å². The van der Waals surface area contributed by atoms with E-state index < -0.39 is 0 Å². The topological polar surface area (TPSA) is 24.5 Å². The first-order valence-corrected chi connectivity index (χ1v) is 8.41. The van der Waals surface area contributed by atoms with Crippen LogP contribution < -0.4 is 10.1 Å². The number of benzene rings is 1. The fourth-order valence-corrected chi connectivity index (χ4v) is 3.27. The zero-order valence-corrected chi connectivity index (χ0v) is 13.8. The summed E-state index contributed by atoms with van der Waals surface area (Å²) in [6.45, 7) is 9.07. The molecule has 118 valence electrons. The molecule has 0 spiro atoms. The Labute approximate surface area is 129 Å². The Morgan fingerprint density at radius 3 is 2.86 bits per heavy atom. The Kier molecular flexibility index (Phi) is 6.52. The van der Waals surface area contributed by atoms with Crippen molar-refractivity contribution in [3.8, 4) is 5.75 Å². The minimum Gasteiger partial charge on any atom is -0.497 e. The van der Waals surface area contributed by atoms with Crippen LogP contribution in [0.25, 0.3) is 0 Å². The van der Waals surface area contributed by atoms with E-state index in [4.69, 9.17) is 4.74 Å². The number of fused-ring (bicyclic) bond motifs is 1. The zero-order valence-electron chi connectivity index (χ0n) is 13.8. The summed E-state index contributed by atoms with van der Waals surface area (Å²) in [4.78, 5) is 2.52. The Hall–Kier alpha value is -1.06. The van der Waals surface area contributed by atoms with Crippen LogP contribution in [0.2, 0.25) is 0 Å². The van der Waals surface area contributed by atoms with Crippen molar-refractivity contribution in [3.05, 3.63) is 29.3 Å². The van der Waals surface area contributed by atoms with Crippen molar-refractivity contribution in [1.29, 1.82) is 0 Å². The lowest BCUT2D eigenvalue weighted by Gasteiger charge is -2.28. The second-order valence-electron chi connectivity index (χ2n) is 5.90. The van der Waals surface area contributed by atoms with Gasteiger partial charge in [-0.1, -0.05) is 19.9 Å². The van der Waals surface area contributed by atoms with E-state index in [1.807, 2.05) is 0 Å². The molecule has 3 nitrogen and oxygen atoms in total. The molecule has 0 radical (unpaired) electrons. The van der Waals surface area contributed by atoms with E-state index in [-0.39, 0.29) is 0 Å². The van der Waals surface area contributed by atoms with Crippen LogP contribution in [0.3, 0.4) is 0 Å². The van der Waals surface area contributed by atoms with Gasteiger partial charge in [0, 0.05) is 19.1 Å². The molecule has 1 aliphatic carbocycles. The van der Waals surface area contributed by atoms with Gasteiger partial charge in [0.2, 0.25) is 0 Å². The van der Waals surface area contributed by atoms with Gasteiger partial charge in [0.1, 0.15) is 5.75 Å². The molecule has 2 rings (SSSR count). The van der Waals surface area contributed by atoms with Gasteiger partial charge < -0.3 is 15.0 Å². The van der Waals surface area contributed by atoms with Gasteiger partial charge in [0.25, 0.3) is 0 Å². The number of hydrogen-bond donors (Lipinski definition) is 1. The number of aryl methyl sites for hydroxylation is 1. The lowest BCUT2D eigenvalue weighted by molar-refractivity contribution is 0.280. The second-order valence-corrected chi connectivity index (χ2v) is 5.90. The van der Waals surface area contributed by atoms with E-state index in [9.17, 15) is 0 Å². The zero-order chi connectivity index (χ0) is 15.1. The normalized spacial score (nSPS) is 17.8. The number of methoxy groups -OCH3 is 1. The van der Waals surface area contributed by atoms with Gasteiger partial charge in [0.15, 0.2) is 0 Å². The molecule has 3 heteroatoms. The number of likely N-dealkylation sites (N-methyl/N-ethyl adjacent to an activating group) is 1. The predicted octanol–water partition coefficient (Wildman–Crippen LogP) is 3.39. The van der Waals surface area contributed by atoms with Gasteiger partial charge in [-0.25, -0.2) is 0 Å². The van der Waals surface area contributed by atoms with Crippen LogP contribution in [0.4, 0.5) is 0 Å². The van der Waals surface area contributed by atoms with Crippen molar-refractivity contribution in [2.24, 2.45) is 0 Å². The summed E-state index contributed by atoms with van der Waals surface area (Å²) in [6.07, 6.45) is 4.94. The summed E-state index contributed by atoms with van der Waals surface area (Å²) in [5, 5.41) is 3.76. The molecule has 1 unspecified atom stereocenters. The van der Waals surface area contributed by atoms with Crippen molar-refractivity contribution in [2.45, 2.75) is 45.6 Å². The van der Waals surface area contributed by atoms with Crippen LogP contribution in [-0.2, 0) is 6.42 Å². The highest BCUT2D eigenvalue weighted by Gasteiger charge is 2.20. The number of nitrogens with one attached hydrogen (secondary N) is 1. The predicted molar refractivity (Wildman–Crippen MR) is 89.1 cm³/mol. The molecule has 0 aromatic heterocycles. The molecule has 0 saturated carbocycles. The highest BCUT2D eigenvalue weighted by atomic mass is 16.5. The third-order valence-electron chi connectivity index (χ3n) is 4.47. The number of ether oxygens (including phenoxy) is 1. The molecule has 0 bridgehead atoms. The average Bonchev–Trinajstić information content (AvgIpc) is 2.53. The number of nitrogens with zero attached hydrogens (tertiary/aromatic N) is 1. The first-order chi connectivity index (χ1) is 10.3. The number of rotatable bonds is 8. The van der Waals surface area contributed by atoms with Crippen molar-refractivity contribution in [3.63, 3.8) is 0 Å². The largest absolute Gasteiger partial charge is 0.497 e. The Balaban J connectivity index is 1.91. The molecule has 0 fully saturated rings. The SMILES string of the molecule is CCCN(CC)CCNC1CCCc2cc(OC)ccc21. The minimum absolute atomic E-state index is 0.514. The van der Waals surface area contributed by atoms with Crippen LogP contribution in [0, 0.1) is 0 Å². The van der Waals surface area contributed by atoms with Crippen molar-refractivity contribution in [2.75, 3.05) is 33.3 Å². The highest BCUT2D eigenvalue weighted by Crippen LogP contribution is 2.31. The lowest BCUT2D eigenvalue weighted by atomic mass is 9.87. The molecular formula is C18H30N2O. The molecule has 0 saturated heterocycles. The highest BCUT2D eigenvalue weighted by molar-refractivity contribution is 5.39. The maximum atomic E-state index is 5.34. The van der Waals surface area contributed by atoms with Gasteiger partial charge in [-0.3, -0.25) is 0 Å². The molecule has 0 heterocycles. The third-order valence-corrected chi connectivity index (χ3v) is 4.47. The summed E-state index contributed by atoms with van der Waals surface area (Å²) in [7, 11) is 1.74. The fourth-order valence-electron chi connectivity index (χ4n) is 3.27. The summed E-state index contributed by atoms with van der Waals surface area (Å²) in [5.74, 6) is 0.981. The van der Waals surface area contributed by atoms with E-state index >= 15 is 0 Å². The second kappa shape index (κ2) is 8.40. The van der Waals surface area contributed by atoms with Crippen molar-refractivity contribution in [1.82, 2.24) is 10.2 Å². The van der Waals surface area contributed by atoms with E-state index in [1.54, 1.807) is 7.11 Å². The van der Waals surface area contributed by atoms with E-state index in [2.05, 4.69) is 42.3 Å². The van der Waals surface area contributed by atoms with Gasteiger partial charge >= 0.3 is 0 Å². The molecule has 1 aromatic rings. The molecule has 1 atom stereocenters. The fraction of sp³-hybridized carbons (Fsp3) is 0.667. The Morgan fingerprint density at radius 2 is 2.14 bits per heavy atom. The van der Waals surface area contributed by atoms with Gasteiger partial charge in [-0.2, -0.15) is 0 Å². The van der Waals surface area contributed by atoms with Crippen LogP contribution in [0.15, 0.2) is 18.2 Å². The van der Waals surface area contributed by atoms with Gasteiger partial charge in [-0.15, -0.1) is 0 Å². The molecule has 0 aliphatic heterocycles. The Morgan fingerprint density at radius 1 is 1.29 bits per heavy atom. The first kappa shape index (κ1) is 16.3. The van der Waals surface area contributed by atoms with E-state index in [0.717, 1.165) is 25.4 Å². The van der Waals surface area contributed by atoms with E-state index in [1.165, 1.54) is 43.4 Å². The van der Waals surface area contributed by atoms with Crippen molar-refractivity contribution >= 4 is 0 Å². The van der Waals surface area contributed by atoms with Crippen LogP contribution in [-0.4, -0.2) is 38.2 Å². The van der Waals surface area contributed by atoms with Crippen LogP contribution >= 0.6 is 0 Å². The summed E-state index contributed by atoms with van der Waals surface area (Å²) < 4.78 is 5.34. The molecule has 0 amide bonds. The maximum Gasteiger partial charge on any atom is 0.119 e. The number of hydrogen-bond acceptors (Lipinski definition) is 3. The standard InChI is InChI=1S/C18H30N2O/c1-4-12-20(5-2)13-11-19-18-8-6-7-15-14-16(21-3)9-10-17(15)18/h9-10,14,18-19H,4-8,11-13H2,1-3H3. The third kappa shape index (κ3) is 4.45. The molecular weight excluding hydrogens is 260 g/mol. The summed E-state index contributed by atoms with van der Waals surface area (Å²) in [6, 6.07) is 7.06. The molecule has 1 aliphatic rings. The average molecular weight is 290 g/mol. The summed E-state index contributed by atoms with van der Waals surface area (Å²) >= 11 is 0. The Bertz CT molecular complexity index is 433. The monoisotopic (exact) mass is 290 g/mol. The molecule has 21 heavy (non-hydrogen) atoms. The maximum absolute atomic E-state index is 5.34. The molecule has 1 aromatic carbocycles.